The van der Waals surface area contributed by atoms with Gasteiger partial charge in [0, 0.05) is 6.04 Å². The van der Waals surface area contributed by atoms with Gasteiger partial charge in [-0.15, -0.1) is 0 Å². The lowest BCUT2D eigenvalue weighted by Gasteiger charge is -2.25. The van der Waals surface area contributed by atoms with Crippen LogP contribution in [0.4, 0.5) is 11.4 Å². The number of nitrogen functional groups attached to an aromatic ring is 1. The molecule has 0 spiro atoms. The molecule has 2 aliphatic carbocycles. The average molecular weight is 245 g/mol. The van der Waals surface area contributed by atoms with Crippen LogP contribution in [0.1, 0.15) is 36.0 Å². The van der Waals surface area contributed by atoms with Crippen molar-refractivity contribution in [2.75, 3.05) is 11.1 Å². The predicted octanol–water partition coefficient (Wildman–Crippen LogP) is 1.97. The van der Waals surface area contributed by atoms with Crippen LogP contribution < -0.4 is 16.8 Å². The van der Waals surface area contributed by atoms with E-state index in [0.717, 1.165) is 17.5 Å². The quantitative estimate of drug-likeness (QED) is 0.712. The molecule has 3 atom stereocenters. The number of fused-ring (bicyclic) bond motifs is 2. The van der Waals surface area contributed by atoms with Gasteiger partial charge < -0.3 is 16.8 Å². The number of amides is 1. The summed E-state index contributed by atoms with van der Waals surface area (Å²) >= 11 is 0. The van der Waals surface area contributed by atoms with E-state index in [0.29, 0.717) is 17.3 Å². The van der Waals surface area contributed by atoms with Crippen molar-refractivity contribution in [3.8, 4) is 0 Å². The molecule has 18 heavy (non-hydrogen) atoms. The molecule has 1 aromatic rings. The van der Waals surface area contributed by atoms with Crippen molar-refractivity contribution in [1.29, 1.82) is 0 Å². The Labute approximate surface area is 107 Å². The van der Waals surface area contributed by atoms with Crippen LogP contribution in [-0.2, 0) is 0 Å². The van der Waals surface area contributed by atoms with Crippen LogP contribution in [0.2, 0.25) is 0 Å². The molecule has 2 aliphatic rings. The highest BCUT2D eigenvalue weighted by molar-refractivity contribution is 6.01. The Kier molecular flexibility index (Phi) is 2.65. The molecule has 5 N–H and O–H groups in total. The summed E-state index contributed by atoms with van der Waals surface area (Å²) in [7, 11) is 0. The van der Waals surface area contributed by atoms with Gasteiger partial charge in [-0.25, -0.2) is 0 Å². The molecular weight excluding hydrogens is 226 g/mol. The summed E-state index contributed by atoms with van der Waals surface area (Å²) in [5, 5.41) is 3.46. The van der Waals surface area contributed by atoms with E-state index in [1.54, 1.807) is 12.1 Å². The molecule has 3 rings (SSSR count). The third kappa shape index (κ3) is 1.82. The molecular formula is C14H19N3O. The van der Waals surface area contributed by atoms with Gasteiger partial charge in [0.25, 0.3) is 5.91 Å². The molecule has 0 saturated heterocycles. The fourth-order valence-corrected chi connectivity index (χ4v) is 3.54. The zero-order valence-corrected chi connectivity index (χ0v) is 10.4. The normalized spacial score (nSPS) is 29.4. The number of primary amides is 1. The van der Waals surface area contributed by atoms with Gasteiger partial charge in [-0.1, -0.05) is 12.5 Å². The van der Waals surface area contributed by atoms with Gasteiger partial charge >= 0.3 is 0 Å². The third-order valence-corrected chi connectivity index (χ3v) is 4.43. The molecule has 2 fully saturated rings. The molecule has 1 amide bonds. The van der Waals surface area contributed by atoms with Crippen molar-refractivity contribution in [3.63, 3.8) is 0 Å². The van der Waals surface area contributed by atoms with E-state index < -0.39 is 5.91 Å². The molecule has 4 nitrogen and oxygen atoms in total. The fraction of sp³-hybridized carbons (Fsp3) is 0.500. The minimum atomic E-state index is -0.423. The maximum Gasteiger partial charge on any atom is 0.250 e. The van der Waals surface area contributed by atoms with E-state index in [-0.39, 0.29) is 0 Å². The Hall–Kier alpha value is -1.71. The first kappa shape index (κ1) is 11.4. The Balaban J connectivity index is 1.86. The summed E-state index contributed by atoms with van der Waals surface area (Å²) < 4.78 is 0. The molecule has 0 radical (unpaired) electrons. The average Bonchev–Trinajstić information content (AvgIpc) is 2.93. The van der Waals surface area contributed by atoms with Crippen molar-refractivity contribution in [1.82, 2.24) is 0 Å². The fourth-order valence-electron chi connectivity index (χ4n) is 3.54. The molecule has 0 aliphatic heterocycles. The molecule has 0 aromatic heterocycles. The van der Waals surface area contributed by atoms with Crippen LogP contribution in [0.25, 0.3) is 0 Å². The SMILES string of the molecule is NC(=O)c1cccc(N)c1NC1CC2CCC1C2. The lowest BCUT2D eigenvalue weighted by Crippen LogP contribution is -2.28. The van der Waals surface area contributed by atoms with E-state index in [1.165, 1.54) is 25.7 Å². The number of carbonyl (C=O) groups excluding carboxylic acids is 1. The van der Waals surface area contributed by atoms with Crippen molar-refractivity contribution in [3.05, 3.63) is 23.8 Å². The second-order valence-corrected chi connectivity index (χ2v) is 5.56. The number of benzene rings is 1. The number of carbonyl (C=O) groups is 1. The maximum absolute atomic E-state index is 11.4. The van der Waals surface area contributed by atoms with Gasteiger partial charge in [-0.2, -0.15) is 0 Å². The first-order valence-electron chi connectivity index (χ1n) is 6.60. The molecule has 3 unspecified atom stereocenters. The van der Waals surface area contributed by atoms with Crippen LogP contribution in [0.15, 0.2) is 18.2 Å². The smallest absolute Gasteiger partial charge is 0.250 e. The third-order valence-electron chi connectivity index (χ3n) is 4.43. The number of para-hydroxylation sites is 1. The maximum atomic E-state index is 11.4. The highest BCUT2D eigenvalue weighted by Gasteiger charge is 2.39. The zero-order valence-electron chi connectivity index (χ0n) is 10.4. The second kappa shape index (κ2) is 4.19. The zero-order chi connectivity index (χ0) is 12.7. The largest absolute Gasteiger partial charge is 0.397 e. The first-order chi connectivity index (χ1) is 8.65. The summed E-state index contributed by atoms with van der Waals surface area (Å²) in [6, 6.07) is 5.75. The Morgan fingerprint density at radius 3 is 2.72 bits per heavy atom. The van der Waals surface area contributed by atoms with E-state index in [4.69, 9.17) is 11.5 Å². The minimum absolute atomic E-state index is 0.423. The highest BCUT2D eigenvalue weighted by atomic mass is 16.1. The highest BCUT2D eigenvalue weighted by Crippen LogP contribution is 2.46. The molecule has 4 heteroatoms. The lowest BCUT2D eigenvalue weighted by atomic mass is 9.94. The standard InChI is InChI=1S/C14H19N3O/c15-11-3-1-2-10(14(16)18)13(11)17-12-7-8-4-5-9(12)6-8/h1-3,8-9,12,17H,4-7,15H2,(H2,16,18). The summed E-state index contributed by atoms with van der Waals surface area (Å²) in [6.45, 7) is 0. The van der Waals surface area contributed by atoms with E-state index in [1.807, 2.05) is 6.07 Å². The van der Waals surface area contributed by atoms with E-state index in [2.05, 4.69) is 5.32 Å². The van der Waals surface area contributed by atoms with Crippen LogP contribution in [0.5, 0.6) is 0 Å². The van der Waals surface area contributed by atoms with Crippen molar-refractivity contribution in [2.24, 2.45) is 17.6 Å². The monoisotopic (exact) mass is 245 g/mol. The Morgan fingerprint density at radius 1 is 1.28 bits per heavy atom. The topological polar surface area (TPSA) is 81.1 Å². The number of nitrogens with one attached hydrogen (secondary N) is 1. The molecule has 0 heterocycles. The van der Waals surface area contributed by atoms with Gasteiger partial charge in [-0.05, 0) is 43.2 Å². The van der Waals surface area contributed by atoms with Crippen LogP contribution in [-0.4, -0.2) is 11.9 Å². The van der Waals surface area contributed by atoms with Gasteiger partial charge in [-0.3, -0.25) is 4.79 Å². The van der Waals surface area contributed by atoms with E-state index in [9.17, 15) is 4.79 Å². The van der Waals surface area contributed by atoms with E-state index >= 15 is 0 Å². The van der Waals surface area contributed by atoms with Crippen LogP contribution in [0, 0.1) is 11.8 Å². The minimum Gasteiger partial charge on any atom is -0.397 e. The number of anilines is 2. The molecule has 96 valence electrons. The van der Waals surface area contributed by atoms with Gasteiger partial charge in [0.15, 0.2) is 0 Å². The summed E-state index contributed by atoms with van der Waals surface area (Å²) in [6.07, 6.45) is 5.16. The van der Waals surface area contributed by atoms with Crippen LogP contribution in [0.3, 0.4) is 0 Å². The molecule has 1 aromatic carbocycles. The van der Waals surface area contributed by atoms with Crippen molar-refractivity contribution < 1.29 is 4.79 Å². The van der Waals surface area contributed by atoms with Gasteiger partial charge in [0.1, 0.15) is 0 Å². The summed E-state index contributed by atoms with van der Waals surface area (Å²) in [5.74, 6) is 1.16. The molecule has 2 saturated carbocycles. The lowest BCUT2D eigenvalue weighted by molar-refractivity contribution is 0.100. The molecule has 2 bridgehead atoms. The number of hydrogen-bond donors (Lipinski definition) is 3. The van der Waals surface area contributed by atoms with Crippen LogP contribution >= 0.6 is 0 Å². The van der Waals surface area contributed by atoms with Gasteiger partial charge in [0.2, 0.25) is 0 Å². The van der Waals surface area contributed by atoms with Crippen molar-refractivity contribution >= 4 is 17.3 Å². The Bertz CT molecular complexity index is 486. The summed E-state index contributed by atoms with van der Waals surface area (Å²) in [5.41, 5.74) is 13.2. The summed E-state index contributed by atoms with van der Waals surface area (Å²) in [4.78, 5) is 11.4. The first-order valence-corrected chi connectivity index (χ1v) is 6.60. The number of hydrogen-bond acceptors (Lipinski definition) is 3. The van der Waals surface area contributed by atoms with Crippen molar-refractivity contribution in [2.45, 2.75) is 31.7 Å². The second-order valence-electron chi connectivity index (χ2n) is 5.56. The number of nitrogens with two attached hydrogens (primary N) is 2. The predicted molar refractivity (Wildman–Crippen MR) is 72.2 cm³/mol. The number of rotatable bonds is 3. The Morgan fingerprint density at radius 2 is 2.11 bits per heavy atom. The van der Waals surface area contributed by atoms with Gasteiger partial charge in [0.05, 0.1) is 16.9 Å².